The molecule has 0 bridgehead atoms. The van der Waals surface area contributed by atoms with Crippen molar-refractivity contribution in [2.24, 2.45) is 0 Å². The summed E-state index contributed by atoms with van der Waals surface area (Å²) < 4.78 is 5.87. The number of hydrogen-bond acceptors (Lipinski definition) is 3. The van der Waals surface area contributed by atoms with Gasteiger partial charge in [0.1, 0.15) is 6.61 Å². The fourth-order valence-electron chi connectivity index (χ4n) is 4.19. The number of nitrogens with zero attached hydrogens (tertiary/aromatic N) is 1. The molecule has 0 radical (unpaired) electrons. The van der Waals surface area contributed by atoms with Crippen LogP contribution in [0.5, 0.6) is 0 Å². The van der Waals surface area contributed by atoms with Gasteiger partial charge in [-0.15, -0.1) is 0 Å². The first-order valence-electron chi connectivity index (χ1n) is 8.46. The van der Waals surface area contributed by atoms with Crippen molar-refractivity contribution in [1.82, 2.24) is 10.2 Å². The van der Waals surface area contributed by atoms with Gasteiger partial charge >= 0.3 is 0 Å². The van der Waals surface area contributed by atoms with E-state index in [9.17, 15) is 4.79 Å². The average molecular weight is 300 g/mol. The molecule has 2 heterocycles. The summed E-state index contributed by atoms with van der Waals surface area (Å²) >= 11 is 0. The van der Waals surface area contributed by atoms with Gasteiger partial charge in [0, 0.05) is 25.7 Å². The fourth-order valence-corrected chi connectivity index (χ4v) is 4.19. The Balaban J connectivity index is 1.37. The maximum Gasteiger partial charge on any atom is 0.246 e. The van der Waals surface area contributed by atoms with E-state index in [-0.39, 0.29) is 18.1 Å². The van der Waals surface area contributed by atoms with Gasteiger partial charge in [0.15, 0.2) is 0 Å². The van der Waals surface area contributed by atoms with Crippen molar-refractivity contribution in [2.45, 2.75) is 43.7 Å². The number of rotatable bonds is 1. The minimum Gasteiger partial charge on any atom is -0.363 e. The molecule has 118 valence electrons. The molecule has 22 heavy (non-hydrogen) atoms. The second-order valence-corrected chi connectivity index (χ2v) is 6.95. The monoisotopic (exact) mass is 300 g/mol. The van der Waals surface area contributed by atoms with Crippen molar-refractivity contribution in [2.75, 3.05) is 26.2 Å². The molecule has 1 aliphatic carbocycles. The van der Waals surface area contributed by atoms with E-state index in [1.807, 2.05) is 0 Å². The topological polar surface area (TPSA) is 41.6 Å². The molecular weight excluding hydrogens is 276 g/mol. The lowest BCUT2D eigenvalue weighted by atomic mass is 9.84. The van der Waals surface area contributed by atoms with Crippen molar-refractivity contribution >= 4 is 5.91 Å². The van der Waals surface area contributed by atoms with E-state index in [2.05, 4.69) is 34.5 Å². The molecule has 2 saturated heterocycles. The molecule has 1 amide bonds. The van der Waals surface area contributed by atoms with E-state index in [0.717, 1.165) is 25.9 Å². The maximum atomic E-state index is 11.3. The van der Waals surface area contributed by atoms with Crippen LogP contribution >= 0.6 is 0 Å². The fraction of sp³-hybridized carbons (Fsp3) is 0.611. The Hall–Kier alpha value is -1.39. The number of carbonyl (C=O) groups is 1. The molecule has 1 N–H and O–H groups in total. The first-order chi connectivity index (χ1) is 10.7. The predicted molar refractivity (Wildman–Crippen MR) is 84.8 cm³/mol. The molecule has 0 aromatic heterocycles. The minimum absolute atomic E-state index is 0.0249. The van der Waals surface area contributed by atoms with Gasteiger partial charge in [-0.25, -0.2) is 0 Å². The molecule has 1 aromatic carbocycles. The van der Waals surface area contributed by atoms with Crippen LogP contribution in [0.25, 0.3) is 0 Å². The molecule has 1 spiro atoms. The third-order valence-corrected chi connectivity index (χ3v) is 5.66. The van der Waals surface area contributed by atoms with Crippen molar-refractivity contribution in [3.8, 4) is 0 Å². The standard InChI is InChI=1S/C18H24N2O2/c21-17-12-22-18(13-19-17)7-9-20(10-8-18)16-6-5-14-3-1-2-4-15(14)11-16/h1-4,16H,5-13H2,(H,19,21)/t16-/m0/s1. The highest BCUT2D eigenvalue weighted by Gasteiger charge is 2.40. The van der Waals surface area contributed by atoms with Crippen molar-refractivity contribution in [3.05, 3.63) is 35.4 Å². The number of fused-ring (bicyclic) bond motifs is 1. The summed E-state index contributed by atoms with van der Waals surface area (Å²) in [5.74, 6) is 0.0249. The van der Waals surface area contributed by atoms with E-state index in [4.69, 9.17) is 4.74 Å². The Kier molecular flexibility index (Phi) is 3.66. The van der Waals surface area contributed by atoms with Gasteiger partial charge in [0.25, 0.3) is 0 Å². The van der Waals surface area contributed by atoms with Crippen LogP contribution in [0, 0.1) is 0 Å². The summed E-state index contributed by atoms with van der Waals surface area (Å²) in [5, 5.41) is 2.97. The summed E-state index contributed by atoms with van der Waals surface area (Å²) in [6.45, 7) is 3.09. The summed E-state index contributed by atoms with van der Waals surface area (Å²) in [5.41, 5.74) is 2.96. The van der Waals surface area contributed by atoms with Crippen LogP contribution in [0.3, 0.4) is 0 Å². The SMILES string of the molecule is O=C1COC2(CCN([C@H]3CCc4ccccc4C3)CC2)CN1. The van der Waals surface area contributed by atoms with Gasteiger partial charge in [0.05, 0.1) is 5.60 Å². The number of amides is 1. The predicted octanol–water partition coefficient (Wildman–Crippen LogP) is 1.52. The van der Waals surface area contributed by atoms with Crippen LogP contribution in [0.15, 0.2) is 24.3 Å². The molecule has 1 aromatic rings. The zero-order valence-corrected chi connectivity index (χ0v) is 13.0. The lowest BCUT2D eigenvalue weighted by Gasteiger charge is -2.46. The Morgan fingerprint density at radius 2 is 1.95 bits per heavy atom. The molecule has 1 atom stereocenters. The largest absolute Gasteiger partial charge is 0.363 e. The van der Waals surface area contributed by atoms with Gasteiger partial charge in [-0.2, -0.15) is 0 Å². The van der Waals surface area contributed by atoms with Crippen LogP contribution in [-0.2, 0) is 22.4 Å². The first-order valence-corrected chi connectivity index (χ1v) is 8.46. The number of hydrogen-bond donors (Lipinski definition) is 1. The molecular formula is C18H24N2O2. The van der Waals surface area contributed by atoms with Gasteiger partial charge in [-0.05, 0) is 43.2 Å². The lowest BCUT2D eigenvalue weighted by molar-refractivity contribution is -0.151. The summed E-state index contributed by atoms with van der Waals surface area (Å²) in [6, 6.07) is 9.54. The molecule has 4 rings (SSSR count). The van der Waals surface area contributed by atoms with Crippen LogP contribution in [0.4, 0.5) is 0 Å². The number of piperidine rings is 1. The van der Waals surface area contributed by atoms with E-state index in [1.54, 1.807) is 0 Å². The number of morpholine rings is 1. The van der Waals surface area contributed by atoms with Crippen LogP contribution in [0.1, 0.15) is 30.4 Å². The molecule has 3 aliphatic rings. The molecule has 2 fully saturated rings. The number of aryl methyl sites for hydroxylation is 1. The Morgan fingerprint density at radius 3 is 2.68 bits per heavy atom. The van der Waals surface area contributed by atoms with E-state index in [1.165, 1.54) is 30.4 Å². The number of carbonyl (C=O) groups excluding carboxylic acids is 1. The third kappa shape index (κ3) is 2.66. The molecule has 0 unspecified atom stereocenters. The second kappa shape index (κ2) is 5.67. The van der Waals surface area contributed by atoms with Gasteiger partial charge < -0.3 is 10.1 Å². The van der Waals surface area contributed by atoms with E-state index < -0.39 is 0 Å². The van der Waals surface area contributed by atoms with Gasteiger partial charge in [0.2, 0.25) is 5.91 Å². The Morgan fingerprint density at radius 1 is 1.18 bits per heavy atom. The van der Waals surface area contributed by atoms with Gasteiger partial charge in [-0.1, -0.05) is 24.3 Å². The third-order valence-electron chi connectivity index (χ3n) is 5.66. The summed E-state index contributed by atoms with van der Waals surface area (Å²) in [7, 11) is 0. The number of benzene rings is 1. The number of ether oxygens (including phenoxy) is 1. The van der Waals surface area contributed by atoms with Crippen molar-refractivity contribution in [3.63, 3.8) is 0 Å². The smallest absolute Gasteiger partial charge is 0.246 e. The zero-order chi connectivity index (χ0) is 15.0. The zero-order valence-electron chi connectivity index (χ0n) is 13.0. The maximum absolute atomic E-state index is 11.3. The van der Waals surface area contributed by atoms with Crippen molar-refractivity contribution < 1.29 is 9.53 Å². The second-order valence-electron chi connectivity index (χ2n) is 6.95. The number of nitrogens with one attached hydrogen (secondary N) is 1. The summed E-state index contributed by atoms with van der Waals surface area (Å²) in [6.07, 6.45) is 5.72. The van der Waals surface area contributed by atoms with E-state index >= 15 is 0 Å². The highest BCUT2D eigenvalue weighted by Crippen LogP contribution is 2.31. The average Bonchev–Trinajstić information content (AvgIpc) is 2.58. The summed E-state index contributed by atoms with van der Waals surface area (Å²) in [4.78, 5) is 13.9. The normalized spacial score (nSPS) is 28.2. The minimum atomic E-state index is -0.100. The van der Waals surface area contributed by atoms with Crippen molar-refractivity contribution in [1.29, 1.82) is 0 Å². The molecule has 4 nitrogen and oxygen atoms in total. The van der Waals surface area contributed by atoms with Crippen LogP contribution in [-0.4, -0.2) is 48.7 Å². The van der Waals surface area contributed by atoms with Gasteiger partial charge in [-0.3, -0.25) is 9.69 Å². The lowest BCUT2D eigenvalue weighted by Crippen LogP contribution is -2.58. The molecule has 4 heteroatoms. The van der Waals surface area contributed by atoms with Crippen LogP contribution < -0.4 is 5.32 Å². The molecule has 2 aliphatic heterocycles. The van der Waals surface area contributed by atoms with E-state index in [0.29, 0.717) is 12.6 Å². The quantitative estimate of drug-likeness (QED) is 0.855. The first kappa shape index (κ1) is 14.2. The van der Waals surface area contributed by atoms with Crippen LogP contribution in [0.2, 0.25) is 0 Å². The Bertz CT molecular complexity index is 552. The molecule has 0 saturated carbocycles. The number of likely N-dealkylation sites (tertiary alicyclic amines) is 1. The highest BCUT2D eigenvalue weighted by atomic mass is 16.5. The highest BCUT2D eigenvalue weighted by molar-refractivity contribution is 5.78. The Labute approximate surface area is 131 Å².